The Bertz CT molecular complexity index is 1060. The van der Waals surface area contributed by atoms with Crippen molar-refractivity contribution in [3.05, 3.63) is 63.0 Å². The van der Waals surface area contributed by atoms with Gasteiger partial charge >= 0.3 is 5.97 Å². The van der Waals surface area contributed by atoms with E-state index in [1.54, 1.807) is 23.3 Å². The second kappa shape index (κ2) is 8.33. The van der Waals surface area contributed by atoms with E-state index >= 15 is 0 Å². The van der Waals surface area contributed by atoms with Gasteiger partial charge in [-0.15, -0.1) is 0 Å². The molecule has 0 fully saturated rings. The van der Waals surface area contributed by atoms with Crippen molar-refractivity contribution < 1.29 is 14.3 Å². The fourth-order valence-electron chi connectivity index (χ4n) is 3.83. The quantitative estimate of drug-likeness (QED) is 0.591. The largest absolute Gasteiger partial charge is 0.452 e. The Morgan fingerprint density at radius 2 is 2.03 bits per heavy atom. The third-order valence-electron chi connectivity index (χ3n) is 5.37. The number of likely N-dealkylation sites (N-methyl/N-ethyl adjacent to an activating group) is 1. The number of amides is 1. The highest BCUT2D eigenvalue weighted by molar-refractivity contribution is 7.07. The molecule has 1 aliphatic rings. The zero-order valence-electron chi connectivity index (χ0n) is 16.7. The van der Waals surface area contributed by atoms with Crippen LogP contribution in [-0.2, 0) is 28.9 Å². The van der Waals surface area contributed by atoms with Gasteiger partial charge in [0.25, 0.3) is 5.91 Å². The van der Waals surface area contributed by atoms with Gasteiger partial charge in [0, 0.05) is 24.7 Å². The first-order valence-corrected chi connectivity index (χ1v) is 10.8. The maximum Gasteiger partial charge on any atom is 0.339 e. The summed E-state index contributed by atoms with van der Waals surface area (Å²) < 4.78 is 5.49. The molecule has 4 rings (SSSR count). The predicted octanol–water partition coefficient (Wildman–Crippen LogP) is 4.30. The van der Waals surface area contributed by atoms with Gasteiger partial charge in [-0.25, -0.2) is 4.79 Å². The monoisotopic (exact) mass is 408 g/mol. The van der Waals surface area contributed by atoms with Crippen LogP contribution in [0.25, 0.3) is 10.9 Å². The summed E-state index contributed by atoms with van der Waals surface area (Å²) in [6.07, 6.45) is 3.82. The van der Waals surface area contributed by atoms with Crippen LogP contribution in [0.2, 0.25) is 0 Å². The number of rotatable bonds is 5. The number of aromatic nitrogens is 1. The maximum absolute atomic E-state index is 13.1. The van der Waals surface area contributed by atoms with Crippen molar-refractivity contribution in [2.24, 2.45) is 0 Å². The van der Waals surface area contributed by atoms with Crippen molar-refractivity contribution in [1.82, 2.24) is 9.88 Å². The number of esters is 1. The van der Waals surface area contributed by atoms with E-state index in [2.05, 4.69) is 0 Å². The number of benzene rings is 1. The third kappa shape index (κ3) is 4.17. The van der Waals surface area contributed by atoms with E-state index in [-0.39, 0.29) is 12.5 Å². The highest BCUT2D eigenvalue weighted by Gasteiger charge is 2.24. The second-order valence-corrected chi connectivity index (χ2v) is 8.38. The van der Waals surface area contributed by atoms with Crippen LogP contribution in [-0.4, -0.2) is 35.4 Å². The second-order valence-electron chi connectivity index (χ2n) is 7.60. The van der Waals surface area contributed by atoms with E-state index < -0.39 is 5.97 Å². The summed E-state index contributed by atoms with van der Waals surface area (Å²) in [5.41, 5.74) is 5.50. The molecule has 5 nitrogen and oxygen atoms in total. The Labute approximate surface area is 174 Å². The van der Waals surface area contributed by atoms with Gasteiger partial charge in [0.2, 0.25) is 0 Å². The van der Waals surface area contributed by atoms with Crippen molar-refractivity contribution in [2.45, 2.75) is 39.2 Å². The number of thiophene rings is 1. The number of nitrogens with zero attached hydrogens (tertiary/aromatic N) is 2. The molecule has 0 saturated heterocycles. The van der Waals surface area contributed by atoms with Crippen molar-refractivity contribution >= 4 is 34.1 Å². The number of hydrogen-bond acceptors (Lipinski definition) is 5. The molecule has 6 heteroatoms. The minimum atomic E-state index is -0.432. The molecular weight excluding hydrogens is 384 g/mol. The van der Waals surface area contributed by atoms with E-state index in [1.165, 1.54) is 0 Å². The molecule has 2 aromatic heterocycles. The Balaban J connectivity index is 1.56. The molecule has 1 amide bonds. The number of aryl methyl sites for hydroxylation is 2. The average Bonchev–Trinajstić information content (AvgIpc) is 3.23. The van der Waals surface area contributed by atoms with Gasteiger partial charge in [-0.05, 0) is 72.7 Å². The van der Waals surface area contributed by atoms with Gasteiger partial charge < -0.3 is 9.64 Å². The number of carbonyl (C=O) groups is 2. The molecule has 150 valence electrons. The lowest BCUT2D eigenvalue weighted by Gasteiger charge is -2.21. The van der Waals surface area contributed by atoms with Crippen molar-refractivity contribution in [1.29, 1.82) is 0 Å². The molecule has 0 bridgehead atoms. The van der Waals surface area contributed by atoms with Crippen LogP contribution in [0, 0.1) is 6.92 Å². The molecule has 0 radical (unpaired) electrons. The van der Waals surface area contributed by atoms with Crippen molar-refractivity contribution in [2.75, 3.05) is 13.7 Å². The number of hydrogen-bond donors (Lipinski definition) is 0. The molecule has 29 heavy (non-hydrogen) atoms. The van der Waals surface area contributed by atoms with Crippen molar-refractivity contribution in [3.63, 3.8) is 0 Å². The van der Waals surface area contributed by atoms with Gasteiger partial charge in [0.05, 0.1) is 11.1 Å². The Hall–Kier alpha value is -2.73. The first kappa shape index (κ1) is 19.6. The van der Waals surface area contributed by atoms with Gasteiger partial charge in [-0.1, -0.05) is 11.6 Å². The lowest BCUT2D eigenvalue weighted by atomic mass is 9.89. The SMILES string of the molecule is Cc1ccc2nc3c(c(C(=O)OCC(=O)N(C)Cc4ccsc4)c2c1)CCCC3. The molecule has 0 atom stereocenters. The minimum Gasteiger partial charge on any atom is -0.452 e. The number of pyridine rings is 1. The smallest absolute Gasteiger partial charge is 0.339 e. The zero-order valence-corrected chi connectivity index (χ0v) is 17.6. The van der Waals surface area contributed by atoms with E-state index in [9.17, 15) is 9.59 Å². The van der Waals surface area contributed by atoms with Crippen LogP contribution >= 0.6 is 11.3 Å². The molecule has 0 N–H and O–H groups in total. The number of carbonyl (C=O) groups excluding carboxylic acids is 2. The summed E-state index contributed by atoms with van der Waals surface area (Å²) in [6, 6.07) is 7.93. The Morgan fingerprint density at radius 1 is 1.21 bits per heavy atom. The van der Waals surface area contributed by atoms with Gasteiger partial charge in [0.1, 0.15) is 0 Å². The van der Waals surface area contributed by atoms with E-state index in [0.29, 0.717) is 12.1 Å². The Morgan fingerprint density at radius 3 is 2.83 bits per heavy atom. The number of ether oxygens (including phenoxy) is 1. The molecule has 0 unspecified atom stereocenters. The lowest BCUT2D eigenvalue weighted by Crippen LogP contribution is -2.31. The van der Waals surface area contributed by atoms with Gasteiger partial charge in [0.15, 0.2) is 6.61 Å². The Kier molecular flexibility index (Phi) is 5.62. The summed E-state index contributed by atoms with van der Waals surface area (Å²) in [5, 5.41) is 4.80. The average molecular weight is 409 g/mol. The first-order chi connectivity index (χ1) is 14.0. The maximum atomic E-state index is 13.1. The minimum absolute atomic E-state index is 0.215. The lowest BCUT2D eigenvalue weighted by molar-refractivity contribution is -0.133. The fraction of sp³-hybridized carbons (Fsp3) is 0.348. The highest BCUT2D eigenvalue weighted by Crippen LogP contribution is 2.30. The topological polar surface area (TPSA) is 59.5 Å². The molecule has 1 aliphatic carbocycles. The van der Waals surface area contributed by atoms with E-state index in [0.717, 1.165) is 59.0 Å². The molecule has 1 aromatic carbocycles. The van der Waals surface area contributed by atoms with Crippen LogP contribution in [0.1, 0.15) is 45.6 Å². The standard InChI is InChI=1S/C23H24N2O3S/c1-15-7-8-20-18(11-15)22(17-5-3-4-6-19(17)24-20)23(27)28-13-21(26)25(2)12-16-9-10-29-14-16/h7-11,14H,3-6,12-13H2,1-2H3. The van der Waals surface area contributed by atoms with Gasteiger partial charge in [-0.2, -0.15) is 11.3 Å². The van der Waals surface area contributed by atoms with Crippen LogP contribution < -0.4 is 0 Å². The van der Waals surface area contributed by atoms with Crippen LogP contribution in [0.3, 0.4) is 0 Å². The fourth-order valence-corrected chi connectivity index (χ4v) is 4.48. The normalized spacial score (nSPS) is 13.2. The predicted molar refractivity (Wildman–Crippen MR) is 114 cm³/mol. The van der Waals surface area contributed by atoms with Crippen molar-refractivity contribution in [3.8, 4) is 0 Å². The summed E-state index contributed by atoms with van der Waals surface area (Å²) in [4.78, 5) is 31.9. The van der Waals surface area contributed by atoms with Crippen LogP contribution in [0.4, 0.5) is 0 Å². The zero-order chi connectivity index (χ0) is 20.4. The molecule has 3 aromatic rings. The van der Waals surface area contributed by atoms with Crippen LogP contribution in [0.5, 0.6) is 0 Å². The first-order valence-electron chi connectivity index (χ1n) is 9.87. The highest BCUT2D eigenvalue weighted by atomic mass is 32.1. The molecular formula is C23H24N2O3S. The van der Waals surface area contributed by atoms with E-state index in [1.807, 2.05) is 41.9 Å². The molecule has 0 aliphatic heterocycles. The third-order valence-corrected chi connectivity index (χ3v) is 6.11. The summed E-state index contributed by atoms with van der Waals surface area (Å²) in [7, 11) is 1.72. The van der Waals surface area contributed by atoms with Crippen LogP contribution in [0.15, 0.2) is 35.0 Å². The summed E-state index contributed by atoms with van der Waals surface area (Å²) >= 11 is 1.59. The summed E-state index contributed by atoms with van der Waals surface area (Å²) in [5.74, 6) is -0.647. The number of fused-ring (bicyclic) bond motifs is 2. The summed E-state index contributed by atoms with van der Waals surface area (Å²) in [6.45, 7) is 2.24. The van der Waals surface area contributed by atoms with Gasteiger partial charge in [-0.3, -0.25) is 9.78 Å². The van der Waals surface area contributed by atoms with E-state index in [4.69, 9.17) is 9.72 Å². The molecule has 0 spiro atoms. The molecule has 2 heterocycles. The molecule has 0 saturated carbocycles.